The minimum Gasteiger partial charge on any atom is -0.394 e. The Bertz CT molecular complexity index is 321. The Morgan fingerprint density at radius 1 is 1.08 bits per heavy atom. The van der Waals surface area contributed by atoms with E-state index in [1.54, 1.807) is 0 Å². The summed E-state index contributed by atoms with van der Waals surface area (Å²) in [6.07, 6.45) is 12.3. The third kappa shape index (κ3) is 8.58. The molecule has 5 heteroatoms. The highest BCUT2D eigenvalue weighted by atomic mass is 16.6. The fourth-order valence-electron chi connectivity index (χ4n) is 2.94. The maximum absolute atomic E-state index is 9.83. The molecule has 3 N–H and O–H groups in total. The van der Waals surface area contributed by atoms with E-state index in [9.17, 15) is 10.2 Å². The second kappa shape index (κ2) is 13.8. The Morgan fingerprint density at radius 3 is 2.38 bits per heavy atom. The molecule has 0 radical (unpaired) electrons. The van der Waals surface area contributed by atoms with Gasteiger partial charge in [-0.05, 0) is 32.1 Å². The lowest BCUT2D eigenvalue weighted by Crippen LogP contribution is -2.42. The molecule has 0 aromatic rings. The molecule has 1 heterocycles. The van der Waals surface area contributed by atoms with Crippen LogP contribution in [0.1, 0.15) is 64.7 Å². The predicted octanol–water partition coefficient (Wildman–Crippen LogP) is 2.57. The molecule has 1 fully saturated rings. The van der Waals surface area contributed by atoms with Crippen molar-refractivity contribution in [3.8, 4) is 0 Å². The molecule has 1 saturated heterocycles. The van der Waals surface area contributed by atoms with Crippen LogP contribution in [0.5, 0.6) is 0 Å². The van der Waals surface area contributed by atoms with Crippen molar-refractivity contribution in [2.45, 2.75) is 89.1 Å². The van der Waals surface area contributed by atoms with Crippen LogP contribution in [0, 0.1) is 0 Å². The van der Waals surface area contributed by atoms with Crippen LogP contribution in [0.2, 0.25) is 0 Å². The highest BCUT2D eigenvalue weighted by Crippen LogP contribution is 2.21. The van der Waals surface area contributed by atoms with Crippen molar-refractivity contribution >= 4 is 0 Å². The molecule has 142 valence electrons. The number of hydrogen-bond donors (Lipinski definition) is 3. The Hall–Kier alpha value is -0.460. The SMILES string of the molecule is CCCCCC/C=C/CCCCCO[C@H]1[C@@H]([C@H](O)CO)OC[C@@H]1O. The summed E-state index contributed by atoms with van der Waals surface area (Å²) >= 11 is 0. The first-order chi connectivity index (χ1) is 11.7. The van der Waals surface area contributed by atoms with Gasteiger partial charge in [-0.15, -0.1) is 0 Å². The van der Waals surface area contributed by atoms with Gasteiger partial charge in [0.15, 0.2) is 0 Å². The fourth-order valence-corrected chi connectivity index (χ4v) is 2.94. The van der Waals surface area contributed by atoms with E-state index in [2.05, 4.69) is 19.1 Å². The first-order valence-corrected chi connectivity index (χ1v) is 9.55. The van der Waals surface area contributed by atoms with Crippen LogP contribution < -0.4 is 0 Å². The lowest BCUT2D eigenvalue weighted by atomic mass is 10.1. The number of aliphatic hydroxyl groups excluding tert-OH is 3. The number of ether oxygens (including phenoxy) is 2. The topological polar surface area (TPSA) is 79.2 Å². The number of allylic oxidation sites excluding steroid dienone is 2. The standard InChI is InChI=1S/C19H36O5/c1-2-3-4-5-6-7-8-9-10-11-12-13-23-19-17(22)15-24-18(19)16(21)14-20/h7-8,16-22H,2-6,9-15H2,1H3/b8-7+/t16-,17+,18-,19-/m1/s1. The van der Waals surface area contributed by atoms with Gasteiger partial charge >= 0.3 is 0 Å². The third-order valence-corrected chi connectivity index (χ3v) is 4.45. The number of rotatable bonds is 14. The Morgan fingerprint density at radius 2 is 1.75 bits per heavy atom. The van der Waals surface area contributed by atoms with Gasteiger partial charge in [0.1, 0.15) is 24.4 Å². The van der Waals surface area contributed by atoms with E-state index in [1.165, 1.54) is 32.1 Å². The zero-order valence-electron chi connectivity index (χ0n) is 15.1. The third-order valence-electron chi connectivity index (χ3n) is 4.45. The normalized spacial score (nSPS) is 25.6. The minimum atomic E-state index is -1.00. The molecule has 0 bridgehead atoms. The van der Waals surface area contributed by atoms with E-state index in [-0.39, 0.29) is 13.2 Å². The summed E-state index contributed by atoms with van der Waals surface area (Å²) in [6, 6.07) is 0. The molecule has 0 aromatic carbocycles. The van der Waals surface area contributed by atoms with Gasteiger partial charge in [-0.2, -0.15) is 0 Å². The molecule has 0 spiro atoms. The second-order valence-corrected chi connectivity index (χ2v) is 6.62. The molecule has 0 unspecified atom stereocenters. The largest absolute Gasteiger partial charge is 0.394 e. The molecule has 1 aliphatic rings. The minimum absolute atomic E-state index is 0.148. The van der Waals surface area contributed by atoms with Crippen LogP contribution >= 0.6 is 0 Å². The lowest BCUT2D eigenvalue weighted by Gasteiger charge is -2.23. The summed E-state index contributed by atoms with van der Waals surface area (Å²) in [6.45, 7) is 2.53. The zero-order valence-corrected chi connectivity index (χ0v) is 15.1. The van der Waals surface area contributed by atoms with Crippen molar-refractivity contribution in [3.05, 3.63) is 12.2 Å². The Kier molecular flexibility index (Phi) is 12.4. The zero-order chi connectivity index (χ0) is 17.6. The lowest BCUT2D eigenvalue weighted by molar-refractivity contribution is -0.0937. The van der Waals surface area contributed by atoms with E-state index >= 15 is 0 Å². The molecule has 0 aromatic heterocycles. The number of unbranched alkanes of at least 4 members (excludes halogenated alkanes) is 7. The Labute approximate surface area is 146 Å². The van der Waals surface area contributed by atoms with Crippen LogP contribution in [0.4, 0.5) is 0 Å². The Balaban J connectivity index is 2.00. The van der Waals surface area contributed by atoms with Crippen molar-refractivity contribution in [1.82, 2.24) is 0 Å². The van der Waals surface area contributed by atoms with Gasteiger partial charge in [-0.1, -0.05) is 44.8 Å². The van der Waals surface area contributed by atoms with Crippen molar-refractivity contribution in [3.63, 3.8) is 0 Å². The summed E-state index contributed by atoms with van der Waals surface area (Å²) in [7, 11) is 0. The summed E-state index contributed by atoms with van der Waals surface area (Å²) in [5.74, 6) is 0. The molecule has 5 nitrogen and oxygen atoms in total. The summed E-state index contributed by atoms with van der Waals surface area (Å²) in [5.41, 5.74) is 0. The van der Waals surface area contributed by atoms with Gasteiger partial charge in [0, 0.05) is 6.61 Å². The molecular formula is C19H36O5. The highest BCUT2D eigenvalue weighted by molar-refractivity contribution is 4.89. The van der Waals surface area contributed by atoms with E-state index in [0.717, 1.165) is 25.7 Å². The van der Waals surface area contributed by atoms with Crippen molar-refractivity contribution in [2.24, 2.45) is 0 Å². The molecule has 1 aliphatic heterocycles. The second-order valence-electron chi connectivity index (χ2n) is 6.62. The first-order valence-electron chi connectivity index (χ1n) is 9.55. The van der Waals surface area contributed by atoms with Gasteiger partial charge in [-0.25, -0.2) is 0 Å². The monoisotopic (exact) mass is 344 g/mol. The van der Waals surface area contributed by atoms with E-state index in [0.29, 0.717) is 6.61 Å². The van der Waals surface area contributed by atoms with Crippen LogP contribution in [0.3, 0.4) is 0 Å². The molecular weight excluding hydrogens is 308 g/mol. The van der Waals surface area contributed by atoms with Gasteiger partial charge in [0.2, 0.25) is 0 Å². The number of aliphatic hydroxyl groups is 3. The molecule has 0 aliphatic carbocycles. The van der Waals surface area contributed by atoms with Crippen molar-refractivity contribution in [2.75, 3.05) is 19.8 Å². The molecule has 1 rings (SSSR count). The van der Waals surface area contributed by atoms with E-state index < -0.39 is 24.4 Å². The van der Waals surface area contributed by atoms with Crippen LogP contribution in [-0.4, -0.2) is 59.6 Å². The molecule has 24 heavy (non-hydrogen) atoms. The van der Waals surface area contributed by atoms with Crippen LogP contribution in [-0.2, 0) is 9.47 Å². The van der Waals surface area contributed by atoms with Crippen LogP contribution in [0.25, 0.3) is 0 Å². The van der Waals surface area contributed by atoms with Crippen molar-refractivity contribution < 1.29 is 24.8 Å². The maximum Gasteiger partial charge on any atom is 0.114 e. The number of hydrogen-bond acceptors (Lipinski definition) is 5. The van der Waals surface area contributed by atoms with Crippen molar-refractivity contribution in [1.29, 1.82) is 0 Å². The average Bonchev–Trinajstić information content (AvgIpc) is 2.96. The molecule has 4 atom stereocenters. The van der Waals surface area contributed by atoms with Gasteiger partial charge in [0.25, 0.3) is 0 Å². The quantitative estimate of drug-likeness (QED) is 0.333. The fraction of sp³-hybridized carbons (Fsp3) is 0.895. The van der Waals surface area contributed by atoms with Gasteiger partial charge < -0.3 is 24.8 Å². The van der Waals surface area contributed by atoms with Crippen LogP contribution in [0.15, 0.2) is 12.2 Å². The summed E-state index contributed by atoms with van der Waals surface area (Å²) in [5, 5.41) is 28.5. The molecule has 0 saturated carbocycles. The first kappa shape index (κ1) is 21.6. The van der Waals surface area contributed by atoms with E-state index in [1.807, 2.05) is 0 Å². The average molecular weight is 344 g/mol. The van der Waals surface area contributed by atoms with E-state index in [4.69, 9.17) is 14.6 Å². The van der Waals surface area contributed by atoms with Gasteiger partial charge in [0.05, 0.1) is 13.2 Å². The highest BCUT2D eigenvalue weighted by Gasteiger charge is 2.40. The van der Waals surface area contributed by atoms with Gasteiger partial charge in [-0.3, -0.25) is 0 Å². The maximum atomic E-state index is 9.83. The molecule has 0 amide bonds. The summed E-state index contributed by atoms with van der Waals surface area (Å²) in [4.78, 5) is 0. The smallest absolute Gasteiger partial charge is 0.114 e. The predicted molar refractivity (Wildman–Crippen MR) is 94.9 cm³/mol. The summed E-state index contributed by atoms with van der Waals surface area (Å²) < 4.78 is 11.0.